The van der Waals surface area contributed by atoms with E-state index in [9.17, 15) is 19.5 Å². The van der Waals surface area contributed by atoms with Gasteiger partial charge in [-0.3, -0.25) is 19.4 Å². The van der Waals surface area contributed by atoms with E-state index in [-0.39, 0.29) is 18.2 Å². The van der Waals surface area contributed by atoms with Gasteiger partial charge in [0.2, 0.25) is 0 Å². The zero-order valence-corrected chi connectivity index (χ0v) is 20.0. The minimum absolute atomic E-state index is 0.0349. The topological polar surface area (TPSA) is 99.2 Å². The van der Waals surface area contributed by atoms with Crippen molar-refractivity contribution in [2.45, 2.75) is 51.4 Å². The molecule has 2 aromatic carbocycles. The van der Waals surface area contributed by atoms with E-state index in [1.54, 1.807) is 4.90 Å². The standard InChI is InChI=1S/C26H33N3O5/c1-26(2,3)34-25(33)29-13-11-18(15-22(29)28-14-12-27-16-21(28)24(31)32)23(30)20-10-6-8-17-7-4-5-9-19(17)20/h4-10,18,21-22,27H,11-16H2,1-3H3,(H,31,32)/t18?,21-,22?/m0/s1. The van der Waals surface area contributed by atoms with Crippen molar-refractivity contribution in [2.24, 2.45) is 5.92 Å². The lowest BCUT2D eigenvalue weighted by molar-refractivity contribution is -0.148. The predicted octanol–water partition coefficient (Wildman–Crippen LogP) is 3.35. The summed E-state index contributed by atoms with van der Waals surface area (Å²) in [5.41, 5.74) is -0.00457. The molecule has 2 aliphatic heterocycles. The van der Waals surface area contributed by atoms with Gasteiger partial charge in [0.1, 0.15) is 11.6 Å². The van der Waals surface area contributed by atoms with Crippen LogP contribution in [0.5, 0.6) is 0 Å². The number of carbonyl (C=O) groups is 3. The van der Waals surface area contributed by atoms with Crippen molar-refractivity contribution in [2.75, 3.05) is 26.2 Å². The first-order valence-electron chi connectivity index (χ1n) is 11.9. The van der Waals surface area contributed by atoms with Gasteiger partial charge < -0.3 is 15.2 Å². The number of carbonyl (C=O) groups excluding carboxylic acids is 2. The van der Waals surface area contributed by atoms with Crippen LogP contribution in [0, 0.1) is 5.92 Å². The third-order valence-electron chi connectivity index (χ3n) is 6.58. The number of rotatable bonds is 4. The van der Waals surface area contributed by atoms with Crippen LogP contribution in [-0.4, -0.2) is 76.7 Å². The summed E-state index contributed by atoms with van der Waals surface area (Å²) in [6.07, 6.45) is -0.140. The SMILES string of the molecule is CC(C)(C)OC(=O)N1CCC(C(=O)c2cccc3ccccc23)CC1N1CCNC[C@H]1C(=O)O. The smallest absolute Gasteiger partial charge is 0.411 e. The highest BCUT2D eigenvalue weighted by Gasteiger charge is 2.44. The van der Waals surface area contributed by atoms with Crippen molar-refractivity contribution < 1.29 is 24.2 Å². The molecule has 8 heteroatoms. The third-order valence-corrected chi connectivity index (χ3v) is 6.58. The number of piperidine rings is 1. The number of nitrogens with one attached hydrogen (secondary N) is 1. The van der Waals surface area contributed by atoms with Crippen molar-refractivity contribution in [3.63, 3.8) is 0 Å². The molecule has 2 unspecified atom stereocenters. The highest BCUT2D eigenvalue weighted by atomic mass is 16.6. The van der Waals surface area contributed by atoms with Gasteiger partial charge >= 0.3 is 12.1 Å². The number of piperazine rings is 1. The molecule has 3 atom stereocenters. The molecule has 0 saturated carbocycles. The molecule has 2 aromatic rings. The summed E-state index contributed by atoms with van der Waals surface area (Å²) in [7, 11) is 0. The van der Waals surface area contributed by atoms with Crippen molar-refractivity contribution in [3.05, 3.63) is 48.0 Å². The van der Waals surface area contributed by atoms with Crippen LogP contribution in [0.25, 0.3) is 10.8 Å². The van der Waals surface area contributed by atoms with Gasteiger partial charge in [-0.25, -0.2) is 4.79 Å². The van der Waals surface area contributed by atoms with Crippen LogP contribution in [0.3, 0.4) is 0 Å². The summed E-state index contributed by atoms with van der Waals surface area (Å²) in [4.78, 5) is 42.2. The van der Waals surface area contributed by atoms with E-state index in [0.29, 0.717) is 38.0 Å². The number of amides is 1. The van der Waals surface area contributed by atoms with Crippen molar-refractivity contribution in [1.29, 1.82) is 0 Å². The Morgan fingerprint density at radius 3 is 2.53 bits per heavy atom. The predicted molar refractivity (Wildman–Crippen MR) is 129 cm³/mol. The van der Waals surface area contributed by atoms with Crippen molar-refractivity contribution >= 4 is 28.6 Å². The van der Waals surface area contributed by atoms with Crippen LogP contribution >= 0.6 is 0 Å². The Kier molecular flexibility index (Phi) is 6.91. The highest BCUT2D eigenvalue weighted by molar-refractivity contribution is 6.09. The van der Waals surface area contributed by atoms with E-state index in [1.165, 1.54) is 0 Å². The maximum Gasteiger partial charge on any atom is 0.411 e. The van der Waals surface area contributed by atoms with Gasteiger partial charge in [-0.2, -0.15) is 0 Å². The lowest BCUT2D eigenvalue weighted by Gasteiger charge is -2.48. The minimum atomic E-state index is -0.946. The number of hydrogen-bond donors (Lipinski definition) is 2. The molecular weight excluding hydrogens is 434 g/mol. The fourth-order valence-corrected chi connectivity index (χ4v) is 5.00. The van der Waals surface area contributed by atoms with Crippen LogP contribution < -0.4 is 5.32 Å². The molecule has 2 fully saturated rings. The Labute approximate surface area is 199 Å². The molecule has 4 rings (SSSR count). The van der Waals surface area contributed by atoms with Gasteiger partial charge in [-0.1, -0.05) is 42.5 Å². The number of likely N-dealkylation sites (tertiary alicyclic amines) is 1. The second-order valence-corrected chi connectivity index (χ2v) is 10.1. The number of ketones is 1. The first-order valence-corrected chi connectivity index (χ1v) is 11.9. The second kappa shape index (κ2) is 9.72. The number of hydrogen-bond acceptors (Lipinski definition) is 6. The molecule has 2 N–H and O–H groups in total. The molecule has 0 aromatic heterocycles. The summed E-state index contributed by atoms with van der Waals surface area (Å²) in [5, 5.41) is 14.9. The first kappa shape index (κ1) is 24.2. The van der Waals surface area contributed by atoms with Gasteiger partial charge in [-0.05, 0) is 44.4 Å². The molecule has 0 aliphatic carbocycles. The third kappa shape index (κ3) is 5.08. The molecule has 34 heavy (non-hydrogen) atoms. The number of nitrogens with zero attached hydrogens (tertiary/aromatic N) is 2. The van der Waals surface area contributed by atoms with Gasteiger partial charge in [-0.15, -0.1) is 0 Å². The number of carboxylic acid groups (broad SMARTS) is 1. The Morgan fingerprint density at radius 2 is 1.79 bits per heavy atom. The Bertz CT molecular complexity index is 1070. The summed E-state index contributed by atoms with van der Waals surface area (Å²) >= 11 is 0. The van der Waals surface area contributed by atoms with Gasteiger partial charge in [0.15, 0.2) is 5.78 Å². The monoisotopic (exact) mass is 467 g/mol. The summed E-state index contributed by atoms with van der Waals surface area (Å²) in [5.74, 6) is -1.23. The fourth-order valence-electron chi connectivity index (χ4n) is 5.00. The Hall–Kier alpha value is -2.97. The van der Waals surface area contributed by atoms with Crippen LogP contribution in [0.4, 0.5) is 4.79 Å². The van der Waals surface area contributed by atoms with E-state index in [4.69, 9.17) is 4.74 Å². The molecule has 0 radical (unpaired) electrons. The second-order valence-electron chi connectivity index (χ2n) is 10.1. The van der Waals surface area contributed by atoms with E-state index in [0.717, 1.165) is 10.8 Å². The van der Waals surface area contributed by atoms with Crippen molar-refractivity contribution in [1.82, 2.24) is 15.1 Å². The van der Waals surface area contributed by atoms with Crippen molar-refractivity contribution in [3.8, 4) is 0 Å². The number of Topliss-reactive ketones (excluding diaryl/α,β-unsaturated/α-hetero) is 1. The largest absolute Gasteiger partial charge is 0.480 e. The zero-order valence-electron chi connectivity index (χ0n) is 20.0. The zero-order chi connectivity index (χ0) is 24.5. The number of aliphatic carboxylic acids is 1. The molecule has 0 spiro atoms. The van der Waals surface area contributed by atoms with Crippen LogP contribution in [0.2, 0.25) is 0 Å². The lowest BCUT2D eigenvalue weighted by atomic mass is 9.85. The Morgan fingerprint density at radius 1 is 1.06 bits per heavy atom. The average Bonchev–Trinajstić information content (AvgIpc) is 2.81. The molecule has 2 aliphatic rings. The van der Waals surface area contributed by atoms with Gasteiger partial charge in [0, 0.05) is 37.7 Å². The maximum atomic E-state index is 13.7. The number of benzene rings is 2. The van der Waals surface area contributed by atoms with E-state index in [1.807, 2.05) is 68.1 Å². The van der Waals surface area contributed by atoms with Gasteiger partial charge in [0.25, 0.3) is 0 Å². The minimum Gasteiger partial charge on any atom is -0.480 e. The summed E-state index contributed by atoms with van der Waals surface area (Å²) < 4.78 is 5.64. The van der Waals surface area contributed by atoms with Crippen LogP contribution in [-0.2, 0) is 9.53 Å². The molecule has 182 valence electrons. The van der Waals surface area contributed by atoms with E-state index in [2.05, 4.69) is 5.32 Å². The first-order chi connectivity index (χ1) is 16.2. The maximum absolute atomic E-state index is 13.7. The average molecular weight is 468 g/mol. The van der Waals surface area contributed by atoms with E-state index >= 15 is 0 Å². The summed E-state index contributed by atoms with van der Waals surface area (Å²) in [6, 6.07) is 12.7. The molecular formula is C26H33N3O5. The number of fused-ring (bicyclic) bond motifs is 1. The lowest BCUT2D eigenvalue weighted by Crippen LogP contribution is -2.65. The Balaban J connectivity index is 1.64. The number of ether oxygens (including phenoxy) is 1. The molecule has 2 heterocycles. The molecule has 1 amide bonds. The molecule has 2 saturated heterocycles. The number of carboxylic acids is 1. The fraction of sp³-hybridized carbons (Fsp3) is 0.500. The summed E-state index contributed by atoms with van der Waals surface area (Å²) in [6.45, 7) is 7.12. The van der Waals surface area contributed by atoms with E-state index < -0.39 is 29.9 Å². The molecule has 8 nitrogen and oxygen atoms in total. The van der Waals surface area contributed by atoms with Gasteiger partial charge in [0.05, 0.1) is 6.17 Å². The van der Waals surface area contributed by atoms with Crippen LogP contribution in [0.15, 0.2) is 42.5 Å². The quantitative estimate of drug-likeness (QED) is 0.665. The van der Waals surface area contributed by atoms with Crippen LogP contribution in [0.1, 0.15) is 44.0 Å². The highest BCUT2D eigenvalue weighted by Crippen LogP contribution is 2.32. The molecule has 0 bridgehead atoms. The normalized spacial score (nSPS) is 24.1.